The highest BCUT2D eigenvalue weighted by Crippen LogP contribution is 2.38. The number of hydrogen-bond donors (Lipinski definition) is 0. The van der Waals surface area contributed by atoms with Gasteiger partial charge in [-0.25, -0.2) is 22.8 Å². The molecule has 2 fully saturated rings. The van der Waals surface area contributed by atoms with E-state index in [0.29, 0.717) is 12.2 Å². The Labute approximate surface area is 288 Å². The average molecular weight is 687 g/mol. The number of halogens is 2. The lowest BCUT2D eigenvalue weighted by atomic mass is 9.89. The fourth-order valence-corrected chi connectivity index (χ4v) is 6.53. The molecule has 0 radical (unpaired) electrons. The van der Waals surface area contributed by atoms with Gasteiger partial charge in [0.05, 0.1) is 37.3 Å². The summed E-state index contributed by atoms with van der Waals surface area (Å²) in [4.78, 5) is 18.9. The summed E-state index contributed by atoms with van der Waals surface area (Å²) in [6, 6.07) is 19.4. The first kappa shape index (κ1) is 33.4. The Morgan fingerprint density at radius 1 is 0.900 bits per heavy atom. The third-order valence-electron chi connectivity index (χ3n) is 9.51. The second-order valence-electron chi connectivity index (χ2n) is 12.6. The zero-order valence-electron chi connectivity index (χ0n) is 28.1. The summed E-state index contributed by atoms with van der Waals surface area (Å²) in [5.41, 5.74) is 1.91. The maximum atomic E-state index is 15.0. The summed E-state index contributed by atoms with van der Waals surface area (Å²) in [7, 11) is 0. The van der Waals surface area contributed by atoms with Crippen LogP contribution in [0.3, 0.4) is 0 Å². The fourth-order valence-electron chi connectivity index (χ4n) is 6.53. The number of rotatable bonds is 11. The molecule has 4 heterocycles. The molecule has 3 unspecified atom stereocenters. The average Bonchev–Trinajstić information content (AvgIpc) is 3.80. The Bertz CT molecular complexity index is 1920. The fraction of sp³-hybridized carbons (Fsp3) is 0.389. The van der Waals surface area contributed by atoms with Gasteiger partial charge in [-0.1, -0.05) is 13.0 Å². The van der Waals surface area contributed by atoms with Crippen molar-refractivity contribution in [3.63, 3.8) is 0 Å². The first-order valence-corrected chi connectivity index (χ1v) is 16.9. The van der Waals surface area contributed by atoms with E-state index in [-0.39, 0.29) is 37.1 Å². The van der Waals surface area contributed by atoms with Crippen LogP contribution in [-0.4, -0.2) is 75.0 Å². The summed E-state index contributed by atoms with van der Waals surface area (Å²) in [5.74, 6) is -0.720. The maximum Gasteiger partial charge on any atom is 0.350 e. The van der Waals surface area contributed by atoms with Crippen LogP contribution in [0.4, 0.5) is 20.2 Å². The van der Waals surface area contributed by atoms with Gasteiger partial charge in [0.25, 0.3) is 0 Å². The van der Waals surface area contributed by atoms with Crippen LogP contribution >= 0.6 is 0 Å². The smallest absolute Gasteiger partial charge is 0.350 e. The molecular weight excluding hydrogens is 646 g/mol. The van der Waals surface area contributed by atoms with Gasteiger partial charge in [0.2, 0.25) is 0 Å². The molecule has 12 nitrogen and oxygen atoms in total. The van der Waals surface area contributed by atoms with Gasteiger partial charge in [0, 0.05) is 55.6 Å². The highest BCUT2D eigenvalue weighted by molar-refractivity contribution is 5.54. The van der Waals surface area contributed by atoms with Crippen LogP contribution < -0.4 is 20.2 Å². The first-order chi connectivity index (χ1) is 24.3. The zero-order valence-corrected chi connectivity index (χ0v) is 28.1. The topological polar surface area (TPSA) is 105 Å². The lowest BCUT2D eigenvalue weighted by molar-refractivity contribution is -0.275. The molecule has 2 saturated heterocycles. The number of anilines is 2. The van der Waals surface area contributed by atoms with E-state index in [9.17, 15) is 9.18 Å². The minimum Gasteiger partial charge on any atom is -0.488 e. The third kappa shape index (κ3) is 6.98. The van der Waals surface area contributed by atoms with Crippen molar-refractivity contribution in [1.82, 2.24) is 29.3 Å². The van der Waals surface area contributed by atoms with Gasteiger partial charge in [-0.15, -0.1) is 0 Å². The van der Waals surface area contributed by atoms with E-state index >= 15 is 4.39 Å². The summed E-state index contributed by atoms with van der Waals surface area (Å²) in [6.45, 7) is 7.91. The summed E-state index contributed by atoms with van der Waals surface area (Å²) in [6.07, 6.45) is 5.02. The number of ether oxygens (including phenoxy) is 3. The van der Waals surface area contributed by atoms with Crippen molar-refractivity contribution in [3.8, 4) is 11.4 Å². The SMILES string of the molecule is CCC(C)n1ncn(-c2ccc(N3CCN(c4ccc(OCC5OCCC(Cn6nccn6)(c6ccc(F)cc6F)O5)cc4)CC3)cc2)c1=O. The van der Waals surface area contributed by atoms with E-state index in [0.717, 1.165) is 55.7 Å². The number of hydrogen-bond acceptors (Lipinski definition) is 9. The Kier molecular flexibility index (Phi) is 9.63. The summed E-state index contributed by atoms with van der Waals surface area (Å²) < 4.78 is 50.2. The summed E-state index contributed by atoms with van der Waals surface area (Å²) in [5, 5.41) is 12.6. The lowest BCUT2D eigenvalue weighted by Crippen LogP contribution is -2.47. The van der Waals surface area contributed by atoms with Crippen molar-refractivity contribution in [3.05, 3.63) is 113 Å². The molecule has 0 bridgehead atoms. The lowest BCUT2D eigenvalue weighted by Gasteiger charge is -2.41. The monoisotopic (exact) mass is 686 g/mol. The van der Waals surface area contributed by atoms with Crippen molar-refractivity contribution < 1.29 is 23.0 Å². The van der Waals surface area contributed by atoms with Gasteiger partial charge in [-0.05, 0) is 67.9 Å². The number of nitrogens with zero attached hydrogens (tertiary/aromatic N) is 8. The molecule has 2 aromatic heterocycles. The van der Waals surface area contributed by atoms with Gasteiger partial charge in [0.1, 0.15) is 35.9 Å². The van der Waals surface area contributed by atoms with E-state index < -0.39 is 23.5 Å². The van der Waals surface area contributed by atoms with Crippen LogP contribution in [0.1, 0.15) is 38.3 Å². The van der Waals surface area contributed by atoms with Gasteiger partial charge < -0.3 is 24.0 Å². The van der Waals surface area contributed by atoms with E-state index in [1.807, 2.05) is 50.2 Å². The van der Waals surface area contributed by atoms with Crippen LogP contribution in [0, 0.1) is 11.6 Å². The molecule has 14 heteroatoms. The minimum absolute atomic E-state index is 0.0510. The molecule has 3 atom stereocenters. The predicted molar refractivity (Wildman–Crippen MR) is 183 cm³/mol. The van der Waals surface area contributed by atoms with Crippen LogP contribution in [0.5, 0.6) is 5.75 Å². The van der Waals surface area contributed by atoms with Crippen LogP contribution in [-0.2, 0) is 21.6 Å². The van der Waals surface area contributed by atoms with Crippen LogP contribution in [0.25, 0.3) is 5.69 Å². The number of piperazine rings is 1. The number of aromatic nitrogens is 6. The van der Waals surface area contributed by atoms with E-state index in [1.54, 1.807) is 10.9 Å². The molecule has 0 amide bonds. The molecule has 0 spiro atoms. The van der Waals surface area contributed by atoms with Crippen molar-refractivity contribution in [2.45, 2.75) is 51.2 Å². The predicted octanol–water partition coefficient (Wildman–Crippen LogP) is 4.94. The largest absolute Gasteiger partial charge is 0.488 e. The van der Waals surface area contributed by atoms with Crippen LogP contribution in [0.2, 0.25) is 0 Å². The van der Waals surface area contributed by atoms with Crippen molar-refractivity contribution in [1.29, 1.82) is 0 Å². The highest BCUT2D eigenvalue weighted by atomic mass is 19.1. The molecule has 5 aromatic rings. The van der Waals surface area contributed by atoms with Gasteiger partial charge in [-0.3, -0.25) is 0 Å². The Morgan fingerprint density at radius 2 is 1.54 bits per heavy atom. The van der Waals surface area contributed by atoms with Gasteiger partial charge in [-0.2, -0.15) is 20.1 Å². The third-order valence-corrected chi connectivity index (χ3v) is 9.51. The molecule has 0 aliphatic carbocycles. The Morgan fingerprint density at radius 3 is 2.18 bits per heavy atom. The first-order valence-electron chi connectivity index (χ1n) is 16.9. The molecule has 3 aromatic carbocycles. The molecule has 2 aliphatic rings. The summed E-state index contributed by atoms with van der Waals surface area (Å²) >= 11 is 0. The molecule has 0 N–H and O–H groups in total. The maximum absolute atomic E-state index is 15.0. The van der Waals surface area contributed by atoms with Gasteiger partial charge >= 0.3 is 5.69 Å². The minimum atomic E-state index is -1.17. The Balaban J connectivity index is 0.937. The zero-order chi connectivity index (χ0) is 34.7. The van der Waals surface area contributed by atoms with Crippen molar-refractivity contribution in [2.75, 3.05) is 49.2 Å². The number of benzene rings is 3. The van der Waals surface area contributed by atoms with E-state index in [2.05, 4.69) is 37.2 Å². The van der Waals surface area contributed by atoms with Crippen molar-refractivity contribution >= 4 is 11.4 Å². The standard InChI is InChI=1S/C36H40F2N8O4/c1-3-26(2)46-35(47)44(25-41-46)30-7-5-28(6-8-30)42-17-19-43(20-18-42)29-9-11-31(12-10-29)49-23-34-48-21-14-36(50-34,24-45-39-15-16-40-45)32-13-4-27(37)22-33(32)38/h4-13,15-16,22,25-26,34H,3,14,17-21,23-24H2,1-2H3. The second-order valence-corrected chi connectivity index (χ2v) is 12.6. The van der Waals surface area contributed by atoms with E-state index in [4.69, 9.17) is 14.2 Å². The molecule has 7 rings (SSSR count). The second kappa shape index (κ2) is 14.4. The van der Waals surface area contributed by atoms with Crippen LogP contribution in [0.15, 0.2) is 90.2 Å². The van der Waals surface area contributed by atoms with E-state index in [1.165, 1.54) is 34.0 Å². The van der Waals surface area contributed by atoms with Crippen molar-refractivity contribution in [2.24, 2.45) is 0 Å². The highest BCUT2D eigenvalue weighted by Gasteiger charge is 2.43. The Hall–Kier alpha value is -5.08. The molecule has 262 valence electrons. The quantitative estimate of drug-likeness (QED) is 0.191. The molecule has 50 heavy (non-hydrogen) atoms. The van der Waals surface area contributed by atoms with Gasteiger partial charge in [0.15, 0.2) is 6.29 Å². The normalized spacial score (nSPS) is 20.2. The molecule has 2 aliphatic heterocycles. The molecule has 0 saturated carbocycles. The molecular formula is C36H40F2N8O4.